The van der Waals surface area contributed by atoms with Crippen molar-refractivity contribution in [2.75, 3.05) is 11.6 Å². The van der Waals surface area contributed by atoms with Gasteiger partial charge in [0.05, 0.1) is 17.1 Å². The summed E-state index contributed by atoms with van der Waals surface area (Å²) >= 11 is 7.68. The van der Waals surface area contributed by atoms with Crippen molar-refractivity contribution in [3.05, 3.63) is 71.1 Å². The van der Waals surface area contributed by atoms with Crippen LogP contribution in [0.25, 0.3) is 0 Å². The van der Waals surface area contributed by atoms with Crippen molar-refractivity contribution < 1.29 is 4.79 Å². The van der Waals surface area contributed by atoms with Crippen LogP contribution in [0.4, 0.5) is 5.82 Å². The van der Waals surface area contributed by atoms with E-state index in [1.54, 1.807) is 47.0 Å². The van der Waals surface area contributed by atoms with Crippen molar-refractivity contribution in [1.29, 1.82) is 0 Å². The molecule has 0 fully saturated rings. The van der Waals surface area contributed by atoms with Gasteiger partial charge in [-0.25, -0.2) is 0 Å². The molecule has 0 spiro atoms. The lowest BCUT2D eigenvalue weighted by atomic mass is 10.2. The molecule has 0 atom stereocenters. The molecule has 3 aromatic rings. The van der Waals surface area contributed by atoms with Crippen LogP contribution < -0.4 is 5.32 Å². The third kappa shape index (κ3) is 3.96. The lowest BCUT2D eigenvalue weighted by molar-refractivity contribution is 0.102. The number of pyridine rings is 1. The van der Waals surface area contributed by atoms with Gasteiger partial charge >= 0.3 is 0 Å². The molecule has 1 aromatic carbocycles. The Morgan fingerprint density at radius 3 is 2.79 bits per heavy atom. The van der Waals surface area contributed by atoms with Gasteiger partial charge in [0, 0.05) is 29.6 Å². The predicted molar refractivity (Wildman–Crippen MR) is 96.8 cm³/mol. The summed E-state index contributed by atoms with van der Waals surface area (Å²) in [6, 6.07) is 11.0. The Morgan fingerprint density at radius 1 is 1.25 bits per heavy atom. The van der Waals surface area contributed by atoms with Gasteiger partial charge in [-0.05, 0) is 42.2 Å². The molecule has 0 unspecified atom stereocenters. The second-order valence-corrected chi connectivity index (χ2v) is 6.34. The average Bonchev–Trinajstić information content (AvgIpc) is 3.03. The summed E-state index contributed by atoms with van der Waals surface area (Å²) in [5.41, 5.74) is 1.52. The van der Waals surface area contributed by atoms with Crippen LogP contribution in [0.3, 0.4) is 0 Å². The smallest absolute Gasteiger partial charge is 0.258 e. The van der Waals surface area contributed by atoms with Gasteiger partial charge in [-0.15, -0.1) is 11.8 Å². The SMILES string of the molecule is CSc1ccc(Cl)c(C(=O)Nc2ccn(Cc3ccncc3)n2)c1. The minimum absolute atomic E-state index is 0.273. The van der Waals surface area contributed by atoms with E-state index < -0.39 is 0 Å². The maximum absolute atomic E-state index is 12.4. The molecular weight excluding hydrogens is 344 g/mol. The number of hydrogen-bond donors (Lipinski definition) is 1. The van der Waals surface area contributed by atoms with Crippen molar-refractivity contribution in [1.82, 2.24) is 14.8 Å². The zero-order valence-corrected chi connectivity index (χ0v) is 14.5. The molecule has 5 nitrogen and oxygen atoms in total. The number of nitrogens with zero attached hydrogens (tertiary/aromatic N) is 3. The lowest BCUT2D eigenvalue weighted by Gasteiger charge is -2.06. The average molecular weight is 359 g/mol. The van der Waals surface area contributed by atoms with Gasteiger partial charge in [0.2, 0.25) is 0 Å². The number of hydrogen-bond acceptors (Lipinski definition) is 4. The van der Waals surface area contributed by atoms with Crippen LogP contribution in [0.1, 0.15) is 15.9 Å². The van der Waals surface area contributed by atoms with E-state index in [0.717, 1.165) is 10.5 Å². The molecule has 24 heavy (non-hydrogen) atoms. The van der Waals surface area contributed by atoms with E-state index in [1.165, 1.54) is 0 Å². The van der Waals surface area contributed by atoms with Crippen LogP contribution in [0.2, 0.25) is 5.02 Å². The molecule has 2 heterocycles. The van der Waals surface area contributed by atoms with Gasteiger partial charge in [-0.2, -0.15) is 5.10 Å². The number of anilines is 1. The molecular formula is C17H15ClN4OS. The topological polar surface area (TPSA) is 59.8 Å². The fourth-order valence-corrected chi connectivity index (χ4v) is 2.82. The van der Waals surface area contributed by atoms with E-state index in [4.69, 9.17) is 11.6 Å². The van der Waals surface area contributed by atoms with E-state index in [9.17, 15) is 4.79 Å². The summed E-state index contributed by atoms with van der Waals surface area (Å²) in [6.45, 7) is 0.612. The fraction of sp³-hybridized carbons (Fsp3) is 0.118. The van der Waals surface area contributed by atoms with Crippen molar-refractivity contribution in [2.24, 2.45) is 0 Å². The second-order valence-electron chi connectivity index (χ2n) is 5.05. The first kappa shape index (κ1) is 16.5. The Kier molecular flexibility index (Phi) is 5.17. The molecule has 122 valence electrons. The Hall–Kier alpha value is -2.31. The van der Waals surface area contributed by atoms with Crippen LogP contribution in [0.15, 0.2) is 59.9 Å². The first-order valence-corrected chi connectivity index (χ1v) is 8.83. The normalized spacial score (nSPS) is 10.6. The molecule has 0 bridgehead atoms. The second kappa shape index (κ2) is 7.51. The summed E-state index contributed by atoms with van der Waals surface area (Å²) in [6.07, 6.45) is 7.24. The minimum atomic E-state index is -0.273. The number of amides is 1. The summed E-state index contributed by atoms with van der Waals surface area (Å²) in [4.78, 5) is 17.4. The standard InChI is InChI=1S/C17H15ClN4OS/c1-24-13-2-3-15(18)14(10-13)17(23)20-16-6-9-22(21-16)11-12-4-7-19-8-5-12/h2-10H,11H2,1H3,(H,20,21,23). The number of benzene rings is 1. The Morgan fingerprint density at radius 2 is 2.04 bits per heavy atom. The Labute approximate surface area is 149 Å². The van der Waals surface area contributed by atoms with Gasteiger partial charge in [0.1, 0.15) is 0 Å². The lowest BCUT2D eigenvalue weighted by Crippen LogP contribution is -2.13. The zero-order valence-electron chi connectivity index (χ0n) is 12.9. The van der Waals surface area contributed by atoms with E-state index in [1.807, 2.05) is 30.7 Å². The summed E-state index contributed by atoms with van der Waals surface area (Å²) < 4.78 is 1.75. The Bertz CT molecular complexity index is 851. The van der Waals surface area contributed by atoms with Gasteiger partial charge in [-0.1, -0.05) is 11.6 Å². The Balaban J connectivity index is 1.71. The molecule has 0 saturated heterocycles. The molecule has 0 aliphatic carbocycles. The number of rotatable bonds is 5. The third-order valence-corrected chi connectivity index (χ3v) is 4.45. The predicted octanol–water partition coefficient (Wildman–Crippen LogP) is 3.95. The van der Waals surface area contributed by atoms with E-state index in [0.29, 0.717) is 22.9 Å². The molecule has 2 aromatic heterocycles. The van der Waals surface area contributed by atoms with Crippen molar-refractivity contribution >= 4 is 35.1 Å². The molecule has 7 heteroatoms. The largest absolute Gasteiger partial charge is 0.305 e. The minimum Gasteiger partial charge on any atom is -0.305 e. The number of thioether (sulfide) groups is 1. The maximum atomic E-state index is 12.4. The first-order chi connectivity index (χ1) is 11.7. The van der Waals surface area contributed by atoms with Crippen LogP contribution in [-0.4, -0.2) is 26.9 Å². The van der Waals surface area contributed by atoms with Crippen LogP contribution >= 0.6 is 23.4 Å². The number of carbonyl (C=O) groups is 1. The van der Waals surface area contributed by atoms with Crippen LogP contribution in [-0.2, 0) is 6.54 Å². The summed E-state index contributed by atoms with van der Waals surface area (Å²) in [5.74, 6) is 0.213. The fourth-order valence-electron chi connectivity index (χ4n) is 2.18. The number of carbonyl (C=O) groups excluding carboxylic acids is 1. The summed E-state index contributed by atoms with van der Waals surface area (Å²) in [5, 5.41) is 7.56. The van der Waals surface area contributed by atoms with Crippen LogP contribution in [0, 0.1) is 0 Å². The van der Waals surface area contributed by atoms with Crippen molar-refractivity contribution in [3.63, 3.8) is 0 Å². The summed E-state index contributed by atoms with van der Waals surface area (Å²) in [7, 11) is 0. The third-order valence-electron chi connectivity index (χ3n) is 3.39. The molecule has 0 saturated carbocycles. The van der Waals surface area contributed by atoms with Gasteiger partial charge < -0.3 is 5.32 Å². The first-order valence-electron chi connectivity index (χ1n) is 7.23. The zero-order chi connectivity index (χ0) is 16.9. The quantitative estimate of drug-likeness (QED) is 0.701. The molecule has 0 aliphatic rings. The number of nitrogens with one attached hydrogen (secondary N) is 1. The molecule has 0 aliphatic heterocycles. The van der Waals surface area contributed by atoms with Gasteiger partial charge in [-0.3, -0.25) is 14.5 Å². The molecule has 1 amide bonds. The van der Waals surface area contributed by atoms with E-state index in [2.05, 4.69) is 15.4 Å². The van der Waals surface area contributed by atoms with Gasteiger partial charge in [0.15, 0.2) is 5.82 Å². The monoisotopic (exact) mass is 358 g/mol. The molecule has 0 radical (unpaired) electrons. The highest BCUT2D eigenvalue weighted by Gasteiger charge is 2.13. The maximum Gasteiger partial charge on any atom is 0.258 e. The number of halogens is 1. The highest BCUT2D eigenvalue weighted by molar-refractivity contribution is 7.98. The van der Waals surface area contributed by atoms with Crippen LogP contribution in [0.5, 0.6) is 0 Å². The van der Waals surface area contributed by atoms with E-state index in [-0.39, 0.29) is 5.91 Å². The highest BCUT2D eigenvalue weighted by Crippen LogP contribution is 2.23. The van der Waals surface area contributed by atoms with Gasteiger partial charge in [0.25, 0.3) is 5.91 Å². The van der Waals surface area contributed by atoms with Crippen molar-refractivity contribution in [2.45, 2.75) is 11.4 Å². The molecule has 3 rings (SSSR count). The highest BCUT2D eigenvalue weighted by atomic mass is 35.5. The number of aromatic nitrogens is 3. The van der Waals surface area contributed by atoms with Crippen molar-refractivity contribution in [3.8, 4) is 0 Å². The molecule has 1 N–H and O–H groups in total. The van der Waals surface area contributed by atoms with E-state index >= 15 is 0 Å².